The van der Waals surface area contributed by atoms with Gasteiger partial charge < -0.3 is 20.1 Å². The molecule has 3 N–H and O–H groups in total. The number of pyridine rings is 1. The molecule has 3 rings (SSSR count). The molecule has 2 aromatic carbocycles. The zero-order valence-corrected chi connectivity index (χ0v) is 17.1. The monoisotopic (exact) mass is 400 g/mol. The Morgan fingerprint density at radius 1 is 1.14 bits per heavy atom. The highest BCUT2D eigenvalue weighted by Gasteiger charge is 2.09. The molecule has 0 saturated heterocycles. The maximum Gasteiger partial charge on any atom is 0.252 e. The van der Waals surface area contributed by atoms with Crippen molar-refractivity contribution in [2.45, 2.75) is 33.4 Å². The van der Waals surface area contributed by atoms with E-state index in [-0.39, 0.29) is 12.2 Å². The second kappa shape index (κ2) is 8.78. The smallest absolute Gasteiger partial charge is 0.252 e. The van der Waals surface area contributed by atoms with Crippen LogP contribution in [-0.4, -0.2) is 29.3 Å². The van der Waals surface area contributed by atoms with Crippen LogP contribution in [0.15, 0.2) is 41.2 Å². The quantitative estimate of drug-likeness (QED) is 0.566. The largest absolute Gasteiger partial charge is 0.491 e. The Labute approximate surface area is 169 Å². The van der Waals surface area contributed by atoms with Crippen LogP contribution in [0.4, 0.5) is 0 Å². The molecule has 28 heavy (non-hydrogen) atoms. The summed E-state index contributed by atoms with van der Waals surface area (Å²) in [5, 5.41) is 14.9. The highest BCUT2D eigenvalue weighted by Crippen LogP contribution is 2.21. The van der Waals surface area contributed by atoms with E-state index in [1.807, 2.05) is 32.9 Å². The molecule has 0 saturated carbocycles. The highest BCUT2D eigenvalue weighted by molar-refractivity contribution is 6.31. The number of aromatic nitrogens is 1. The number of aliphatic hydroxyl groups excluding tert-OH is 1. The number of benzene rings is 2. The van der Waals surface area contributed by atoms with E-state index in [4.69, 9.17) is 16.3 Å². The van der Waals surface area contributed by atoms with Gasteiger partial charge in [-0.2, -0.15) is 0 Å². The summed E-state index contributed by atoms with van der Waals surface area (Å²) in [5.74, 6) is 0.665. The standard InChI is InChI=1S/C22H25ClN2O3/c1-13-6-15(3)21-16(7-13)9-17(22(27)25-21)10-24-11-18(26)12-28-19-4-5-20(23)14(2)8-19/h4-9,18,24,26H,10-12H2,1-3H3,(H,25,27)/t18-/m0/s1. The van der Waals surface area contributed by atoms with Crippen molar-refractivity contribution in [1.82, 2.24) is 10.3 Å². The van der Waals surface area contributed by atoms with Crippen LogP contribution in [0.3, 0.4) is 0 Å². The van der Waals surface area contributed by atoms with Crippen LogP contribution in [-0.2, 0) is 6.54 Å². The molecule has 1 atom stereocenters. The van der Waals surface area contributed by atoms with Gasteiger partial charge in [-0.15, -0.1) is 0 Å². The Balaban J connectivity index is 1.56. The number of H-pyrrole nitrogens is 1. The van der Waals surface area contributed by atoms with Crippen molar-refractivity contribution in [3.63, 3.8) is 0 Å². The molecule has 0 aliphatic rings. The van der Waals surface area contributed by atoms with E-state index >= 15 is 0 Å². The van der Waals surface area contributed by atoms with E-state index < -0.39 is 6.10 Å². The van der Waals surface area contributed by atoms with Gasteiger partial charge in [-0.25, -0.2) is 0 Å². The number of aliphatic hydroxyl groups is 1. The molecule has 0 aliphatic heterocycles. The zero-order chi connectivity index (χ0) is 20.3. The molecule has 0 bridgehead atoms. The summed E-state index contributed by atoms with van der Waals surface area (Å²) >= 11 is 5.99. The van der Waals surface area contributed by atoms with Crippen molar-refractivity contribution in [3.05, 3.63) is 74.0 Å². The van der Waals surface area contributed by atoms with E-state index in [0.717, 1.165) is 27.6 Å². The van der Waals surface area contributed by atoms with Crippen LogP contribution in [0.25, 0.3) is 10.9 Å². The van der Waals surface area contributed by atoms with Gasteiger partial charge in [0.1, 0.15) is 18.5 Å². The number of ether oxygens (including phenoxy) is 1. The van der Waals surface area contributed by atoms with Gasteiger partial charge in [0.05, 0.1) is 5.52 Å². The molecule has 148 valence electrons. The van der Waals surface area contributed by atoms with Gasteiger partial charge in [0.2, 0.25) is 0 Å². The van der Waals surface area contributed by atoms with Gasteiger partial charge >= 0.3 is 0 Å². The first kappa shape index (κ1) is 20.4. The first-order valence-electron chi connectivity index (χ1n) is 9.24. The molecule has 1 heterocycles. The number of fused-ring (bicyclic) bond motifs is 1. The molecule has 0 spiro atoms. The number of halogens is 1. The third-order valence-electron chi connectivity index (χ3n) is 4.64. The number of aryl methyl sites for hydroxylation is 3. The van der Waals surface area contributed by atoms with Crippen molar-refractivity contribution in [2.24, 2.45) is 0 Å². The van der Waals surface area contributed by atoms with Crippen molar-refractivity contribution >= 4 is 22.5 Å². The van der Waals surface area contributed by atoms with Gasteiger partial charge in [0.25, 0.3) is 5.56 Å². The van der Waals surface area contributed by atoms with Crippen LogP contribution in [0, 0.1) is 20.8 Å². The van der Waals surface area contributed by atoms with Gasteiger partial charge in [-0.05, 0) is 67.6 Å². The summed E-state index contributed by atoms with van der Waals surface area (Å²) in [6.07, 6.45) is -0.694. The minimum absolute atomic E-state index is 0.116. The third kappa shape index (κ3) is 4.93. The first-order chi connectivity index (χ1) is 13.3. The lowest BCUT2D eigenvalue weighted by Gasteiger charge is -2.14. The van der Waals surface area contributed by atoms with Crippen LogP contribution in [0.2, 0.25) is 5.02 Å². The van der Waals surface area contributed by atoms with Crippen LogP contribution >= 0.6 is 11.6 Å². The lowest BCUT2D eigenvalue weighted by Crippen LogP contribution is -2.32. The highest BCUT2D eigenvalue weighted by atomic mass is 35.5. The molecule has 0 unspecified atom stereocenters. The second-order valence-electron chi connectivity index (χ2n) is 7.18. The lowest BCUT2D eigenvalue weighted by molar-refractivity contribution is 0.106. The predicted molar refractivity (Wildman–Crippen MR) is 113 cm³/mol. The normalized spacial score (nSPS) is 12.3. The summed E-state index contributed by atoms with van der Waals surface area (Å²) < 4.78 is 5.60. The zero-order valence-electron chi connectivity index (χ0n) is 16.3. The molecule has 0 fully saturated rings. The maximum absolute atomic E-state index is 12.3. The molecule has 3 aromatic rings. The molecular formula is C22H25ClN2O3. The van der Waals surface area contributed by atoms with Gasteiger partial charge in [0, 0.05) is 23.7 Å². The molecule has 0 radical (unpaired) electrons. The molecule has 1 aromatic heterocycles. The Hall–Kier alpha value is -2.34. The number of hydrogen-bond acceptors (Lipinski definition) is 4. The summed E-state index contributed by atoms with van der Waals surface area (Å²) in [7, 11) is 0. The predicted octanol–water partition coefficient (Wildman–Crippen LogP) is 3.64. The minimum Gasteiger partial charge on any atom is -0.491 e. The topological polar surface area (TPSA) is 74.4 Å². The Bertz CT molecular complexity index is 1050. The number of aromatic amines is 1. The molecule has 6 heteroatoms. The van der Waals surface area contributed by atoms with Gasteiger partial charge in [-0.1, -0.05) is 23.2 Å². The van der Waals surface area contributed by atoms with E-state index in [9.17, 15) is 9.90 Å². The molecular weight excluding hydrogens is 376 g/mol. The van der Waals surface area contributed by atoms with Gasteiger partial charge in [0.15, 0.2) is 0 Å². The van der Waals surface area contributed by atoms with Crippen LogP contribution in [0.1, 0.15) is 22.3 Å². The number of hydrogen-bond donors (Lipinski definition) is 3. The Kier molecular flexibility index (Phi) is 6.39. The fraction of sp³-hybridized carbons (Fsp3) is 0.318. The summed E-state index contributed by atoms with van der Waals surface area (Å²) in [4.78, 5) is 15.3. The average molecular weight is 401 g/mol. The van der Waals surface area contributed by atoms with Crippen molar-refractivity contribution in [2.75, 3.05) is 13.2 Å². The lowest BCUT2D eigenvalue weighted by atomic mass is 10.1. The third-order valence-corrected chi connectivity index (χ3v) is 5.06. The summed E-state index contributed by atoms with van der Waals surface area (Å²) in [5.41, 5.74) is 4.52. The number of nitrogens with one attached hydrogen (secondary N) is 2. The summed E-state index contributed by atoms with van der Waals surface area (Å²) in [6, 6.07) is 11.4. The van der Waals surface area contributed by atoms with Crippen molar-refractivity contribution in [1.29, 1.82) is 0 Å². The Morgan fingerprint density at radius 2 is 1.93 bits per heavy atom. The molecule has 5 nitrogen and oxygen atoms in total. The van der Waals surface area contributed by atoms with Crippen molar-refractivity contribution < 1.29 is 9.84 Å². The van der Waals surface area contributed by atoms with Crippen molar-refractivity contribution in [3.8, 4) is 5.75 Å². The minimum atomic E-state index is -0.694. The second-order valence-corrected chi connectivity index (χ2v) is 7.58. The van der Waals surface area contributed by atoms with E-state index in [0.29, 0.717) is 29.4 Å². The SMILES string of the molecule is Cc1cc(C)c2[nH]c(=O)c(CNC[C@H](O)COc3ccc(Cl)c(C)c3)cc2c1. The number of rotatable bonds is 7. The Morgan fingerprint density at radius 3 is 2.68 bits per heavy atom. The van der Waals surface area contributed by atoms with Gasteiger partial charge in [-0.3, -0.25) is 4.79 Å². The first-order valence-corrected chi connectivity index (χ1v) is 9.62. The fourth-order valence-electron chi connectivity index (χ4n) is 3.20. The van der Waals surface area contributed by atoms with Crippen LogP contribution < -0.4 is 15.6 Å². The van der Waals surface area contributed by atoms with Crippen LogP contribution in [0.5, 0.6) is 5.75 Å². The summed E-state index contributed by atoms with van der Waals surface area (Å²) in [6.45, 7) is 6.76. The maximum atomic E-state index is 12.3. The van der Waals surface area contributed by atoms with E-state index in [1.165, 1.54) is 0 Å². The average Bonchev–Trinajstić information content (AvgIpc) is 2.64. The molecule has 0 aliphatic carbocycles. The van der Waals surface area contributed by atoms with E-state index in [1.54, 1.807) is 12.1 Å². The molecule has 0 amide bonds. The van der Waals surface area contributed by atoms with E-state index in [2.05, 4.69) is 22.4 Å². The fourth-order valence-corrected chi connectivity index (χ4v) is 3.31.